The Morgan fingerprint density at radius 1 is 1.12 bits per heavy atom. The third-order valence-electron chi connectivity index (χ3n) is 3.68. The Bertz CT molecular complexity index is 965. The van der Waals surface area contributed by atoms with E-state index in [-0.39, 0.29) is 5.56 Å². The molecule has 5 nitrogen and oxygen atoms in total. The average Bonchev–Trinajstić information content (AvgIpc) is 2.61. The normalized spacial score (nSPS) is 10.5. The second-order valence-corrected chi connectivity index (χ2v) is 5.98. The van der Waals surface area contributed by atoms with E-state index in [1.54, 1.807) is 30.5 Å². The molecule has 3 aromatic rings. The minimum Gasteiger partial charge on any atom is -0.348 e. The van der Waals surface area contributed by atoms with Crippen LogP contribution in [0.2, 0.25) is 5.02 Å². The molecule has 0 bridgehead atoms. The third kappa shape index (κ3) is 3.95. The van der Waals surface area contributed by atoms with Crippen molar-refractivity contribution < 1.29 is 4.79 Å². The first-order valence-corrected chi connectivity index (χ1v) is 8.11. The first kappa shape index (κ1) is 16.9. The number of hydrogen-bond acceptors (Lipinski definition) is 3. The molecular formula is C19H16ClN3O2. The maximum Gasteiger partial charge on any atom is 0.269 e. The van der Waals surface area contributed by atoms with Crippen LogP contribution in [-0.2, 0) is 6.54 Å². The van der Waals surface area contributed by atoms with E-state index in [0.29, 0.717) is 17.4 Å². The quantitative estimate of drug-likeness (QED) is 0.783. The van der Waals surface area contributed by atoms with Gasteiger partial charge in [-0.1, -0.05) is 29.8 Å². The lowest BCUT2D eigenvalue weighted by molar-refractivity contribution is 0.0949. The molecule has 0 fully saturated rings. The number of rotatable bonds is 4. The maximum absolute atomic E-state index is 12.6. The van der Waals surface area contributed by atoms with Gasteiger partial charge in [-0.05, 0) is 48.9 Å². The molecule has 25 heavy (non-hydrogen) atoms. The van der Waals surface area contributed by atoms with Gasteiger partial charge in [-0.15, -0.1) is 0 Å². The largest absolute Gasteiger partial charge is 0.348 e. The van der Waals surface area contributed by atoms with Crippen LogP contribution in [0.25, 0.3) is 5.82 Å². The van der Waals surface area contributed by atoms with Gasteiger partial charge in [0.1, 0.15) is 11.4 Å². The van der Waals surface area contributed by atoms with Crippen molar-refractivity contribution in [2.24, 2.45) is 0 Å². The summed E-state index contributed by atoms with van der Waals surface area (Å²) in [6.45, 7) is 2.16. The number of nitrogens with zero attached hydrogens (tertiary/aromatic N) is 2. The Labute approximate surface area is 149 Å². The number of amides is 1. The fourth-order valence-corrected chi connectivity index (χ4v) is 2.52. The molecule has 126 valence electrons. The Kier molecular flexibility index (Phi) is 4.95. The molecule has 0 saturated heterocycles. The van der Waals surface area contributed by atoms with Crippen molar-refractivity contribution in [2.75, 3.05) is 0 Å². The van der Waals surface area contributed by atoms with Gasteiger partial charge in [0.15, 0.2) is 0 Å². The van der Waals surface area contributed by atoms with Crippen LogP contribution in [0.4, 0.5) is 0 Å². The summed E-state index contributed by atoms with van der Waals surface area (Å²) in [6, 6.07) is 15.7. The number of halogens is 1. The zero-order chi connectivity index (χ0) is 17.8. The van der Waals surface area contributed by atoms with E-state index < -0.39 is 11.5 Å². The SMILES string of the molecule is Cc1cccc(-n2cccc(C(=O)NCc3ccc(Cl)cc3)c2=O)n1. The standard InChI is InChI=1S/C19H16ClN3O2/c1-13-4-2-6-17(22-13)23-11-3-5-16(19(23)25)18(24)21-12-14-7-9-15(20)10-8-14/h2-11H,12H2,1H3,(H,21,24). The number of benzene rings is 1. The summed E-state index contributed by atoms with van der Waals surface area (Å²) in [6.07, 6.45) is 1.60. The van der Waals surface area contributed by atoms with Crippen LogP contribution in [-0.4, -0.2) is 15.5 Å². The average molecular weight is 354 g/mol. The maximum atomic E-state index is 12.6. The predicted octanol–water partition coefficient (Wildman–Crippen LogP) is 3.12. The third-order valence-corrected chi connectivity index (χ3v) is 3.93. The van der Waals surface area contributed by atoms with Crippen molar-refractivity contribution in [3.05, 3.63) is 93.0 Å². The van der Waals surface area contributed by atoms with E-state index in [9.17, 15) is 9.59 Å². The molecule has 1 amide bonds. The van der Waals surface area contributed by atoms with Crippen LogP contribution < -0.4 is 10.9 Å². The Hall–Kier alpha value is -2.92. The fourth-order valence-electron chi connectivity index (χ4n) is 2.39. The summed E-state index contributed by atoms with van der Waals surface area (Å²) in [5.74, 6) is 0.0549. The zero-order valence-electron chi connectivity index (χ0n) is 13.6. The van der Waals surface area contributed by atoms with E-state index in [4.69, 9.17) is 11.6 Å². The molecule has 0 saturated carbocycles. The minimum atomic E-state index is -0.429. The van der Waals surface area contributed by atoms with Gasteiger partial charge in [0.05, 0.1) is 0 Å². The van der Waals surface area contributed by atoms with Gasteiger partial charge in [-0.3, -0.25) is 14.2 Å². The highest BCUT2D eigenvalue weighted by Gasteiger charge is 2.13. The van der Waals surface area contributed by atoms with E-state index in [0.717, 1.165) is 11.3 Å². The van der Waals surface area contributed by atoms with Gasteiger partial charge in [0.2, 0.25) is 0 Å². The predicted molar refractivity (Wildman–Crippen MR) is 97.2 cm³/mol. The number of aromatic nitrogens is 2. The van der Waals surface area contributed by atoms with Crippen molar-refractivity contribution in [3.8, 4) is 5.82 Å². The molecule has 6 heteroatoms. The van der Waals surface area contributed by atoms with Gasteiger partial charge < -0.3 is 5.32 Å². The Morgan fingerprint density at radius 2 is 1.88 bits per heavy atom. The number of carbonyl (C=O) groups excluding carboxylic acids is 1. The highest BCUT2D eigenvalue weighted by molar-refractivity contribution is 6.30. The summed E-state index contributed by atoms with van der Waals surface area (Å²) < 4.78 is 1.37. The molecule has 1 aromatic carbocycles. The van der Waals surface area contributed by atoms with Gasteiger partial charge in [-0.25, -0.2) is 4.98 Å². The van der Waals surface area contributed by atoms with E-state index >= 15 is 0 Å². The summed E-state index contributed by atoms with van der Waals surface area (Å²) in [5.41, 5.74) is 1.35. The lowest BCUT2D eigenvalue weighted by Crippen LogP contribution is -2.32. The second-order valence-electron chi connectivity index (χ2n) is 5.54. The van der Waals surface area contributed by atoms with Gasteiger partial charge >= 0.3 is 0 Å². The smallest absolute Gasteiger partial charge is 0.269 e. The van der Waals surface area contributed by atoms with Gasteiger partial charge in [0.25, 0.3) is 11.5 Å². The first-order valence-electron chi connectivity index (χ1n) is 7.73. The van der Waals surface area contributed by atoms with Gasteiger partial charge in [-0.2, -0.15) is 0 Å². The summed E-state index contributed by atoms with van der Waals surface area (Å²) in [7, 11) is 0. The molecule has 3 rings (SSSR count). The van der Waals surface area contributed by atoms with Crippen LogP contribution in [0, 0.1) is 6.92 Å². The molecule has 0 atom stereocenters. The summed E-state index contributed by atoms with van der Waals surface area (Å²) in [5, 5.41) is 3.38. The molecule has 2 aromatic heterocycles. The van der Waals surface area contributed by atoms with Crippen LogP contribution in [0.1, 0.15) is 21.6 Å². The molecule has 0 aliphatic heterocycles. The number of aryl methyl sites for hydroxylation is 1. The van der Waals surface area contributed by atoms with E-state index in [2.05, 4.69) is 10.3 Å². The molecule has 0 radical (unpaired) electrons. The molecule has 0 aliphatic rings. The van der Waals surface area contributed by atoms with Crippen LogP contribution in [0.5, 0.6) is 0 Å². The van der Waals surface area contributed by atoms with Crippen molar-refractivity contribution in [1.29, 1.82) is 0 Å². The molecule has 0 unspecified atom stereocenters. The molecule has 1 N–H and O–H groups in total. The second kappa shape index (κ2) is 7.32. The van der Waals surface area contributed by atoms with Gasteiger partial charge in [0, 0.05) is 23.5 Å². The molecule has 0 spiro atoms. The first-order chi connectivity index (χ1) is 12.0. The number of pyridine rings is 2. The van der Waals surface area contributed by atoms with E-state index in [1.165, 1.54) is 10.6 Å². The molecular weight excluding hydrogens is 338 g/mol. The van der Waals surface area contributed by atoms with Crippen LogP contribution in [0.3, 0.4) is 0 Å². The summed E-state index contributed by atoms with van der Waals surface area (Å²) in [4.78, 5) is 29.3. The zero-order valence-corrected chi connectivity index (χ0v) is 14.3. The Balaban J connectivity index is 1.82. The Morgan fingerprint density at radius 3 is 2.60 bits per heavy atom. The monoisotopic (exact) mass is 353 g/mol. The summed E-state index contributed by atoms with van der Waals surface area (Å²) >= 11 is 5.84. The lowest BCUT2D eigenvalue weighted by Gasteiger charge is -2.09. The van der Waals surface area contributed by atoms with Crippen LogP contribution >= 0.6 is 11.6 Å². The molecule has 0 aliphatic carbocycles. The van der Waals surface area contributed by atoms with Crippen molar-refractivity contribution in [2.45, 2.75) is 13.5 Å². The highest BCUT2D eigenvalue weighted by atomic mass is 35.5. The lowest BCUT2D eigenvalue weighted by atomic mass is 10.2. The van der Waals surface area contributed by atoms with Crippen LogP contribution in [0.15, 0.2) is 65.6 Å². The number of hydrogen-bond donors (Lipinski definition) is 1. The van der Waals surface area contributed by atoms with Crippen molar-refractivity contribution in [3.63, 3.8) is 0 Å². The van der Waals surface area contributed by atoms with Crippen molar-refractivity contribution in [1.82, 2.24) is 14.9 Å². The number of carbonyl (C=O) groups is 1. The number of nitrogens with one attached hydrogen (secondary N) is 1. The highest BCUT2D eigenvalue weighted by Crippen LogP contribution is 2.09. The van der Waals surface area contributed by atoms with Crippen molar-refractivity contribution >= 4 is 17.5 Å². The minimum absolute atomic E-state index is 0.0692. The van der Waals surface area contributed by atoms with E-state index in [1.807, 2.05) is 31.2 Å². The fraction of sp³-hybridized carbons (Fsp3) is 0.105. The topological polar surface area (TPSA) is 64.0 Å². The molecule has 2 heterocycles.